The number of hydrogen-bond acceptors (Lipinski definition) is 6. The van der Waals surface area contributed by atoms with E-state index in [4.69, 9.17) is 9.15 Å². The van der Waals surface area contributed by atoms with E-state index < -0.39 is 10.1 Å². The Morgan fingerprint density at radius 3 is 2.53 bits per heavy atom. The van der Waals surface area contributed by atoms with Gasteiger partial charge in [0, 0.05) is 12.3 Å². The van der Waals surface area contributed by atoms with Crippen LogP contribution in [0.15, 0.2) is 95.2 Å². The molecule has 0 amide bonds. The molecule has 1 aliphatic heterocycles. The smallest absolute Gasteiger partial charge is 0.379 e. The number of aromatic nitrogens is 1. The van der Waals surface area contributed by atoms with Gasteiger partial charge < -0.3 is 18.6 Å². The SMILES string of the molecule is C[n+]1c(C=C2Oc3ccc(-c4ccccc4)cc3N2CCCCS(=O)(=O)[O-])oc2ccc3ccccc3c21. The predicted octanol–water partition coefficient (Wildman–Crippen LogP) is 5.60. The third-order valence-corrected chi connectivity index (χ3v) is 7.64. The summed E-state index contributed by atoms with van der Waals surface area (Å²) in [6, 6.07) is 28.3. The summed E-state index contributed by atoms with van der Waals surface area (Å²) >= 11 is 0. The number of fused-ring (bicyclic) bond motifs is 4. The number of nitrogens with zero attached hydrogens (tertiary/aromatic N) is 2. The van der Waals surface area contributed by atoms with Gasteiger partial charge in [-0.25, -0.2) is 8.42 Å². The zero-order valence-electron chi connectivity index (χ0n) is 20.8. The highest BCUT2D eigenvalue weighted by Gasteiger charge is 2.30. The van der Waals surface area contributed by atoms with Crippen LogP contribution in [0.5, 0.6) is 5.75 Å². The topological polar surface area (TPSA) is 86.7 Å². The average Bonchev–Trinajstić information content (AvgIpc) is 3.43. The number of oxazole rings is 1. The van der Waals surface area contributed by atoms with Gasteiger partial charge in [-0.05, 0) is 53.6 Å². The number of aryl methyl sites for hydroxylation is 1. The van der Waals surface area contributed by atoms with Crippen LogP contribution in [-0.2, 0) is 17.2 Å². The minimum atomic E-state index is -4.26. The van der Waals surface area contributed by atoms with Gasteiger partial charge >= 0.3 is 5.89 Å². The molecule has 0 saturated heterocycles. The van der Waals surface area contributed by atoms with Gasteiger partial charge in [0.25, 0.3) is 5.52 Å². The van der Waals surface area contributed by atoms with E-state index in [-0.39, 0.29) is 12.2 Å². The molecular formula is C30H26N2O5S. The Morgan fingerprint density at radius 2 is 1.71 bits per heavy atom. The second-order valence-electron chi connectivity index (χ2n) is 9.39. The van der Waals surface area contributed by atoms with Crippen LogP contribution < -0.4 is 14.2 Å². The summed E-state index contributed by atoms with van der Waals surface area (Å²) < 4.78 is 47.9. The lowest BCUT2D eigenvalue weighted by Crippen LogP contribution is -2.30. The van der Waals surface area contributed by atoms with Crippen molar-refractivity contribution in [3.8, 4) is 16.9 Å². The van der Waals surface area contributed by atoms with Gasteiger partial charge in [-0.3, -0.25) is 0 Å². The van der Waals surface area contributed by atoms with Crippen LogP contribution in [0.1, 0.15) is 18.7 Å². The number of ether oxygens (including phenoxy) is 1. The first kappa shape index (κ1) is 24.2. The van der Waals surface area contributed by atoms with Gasteiger partial charge in [0.05, 0.1) is 21.2 Å². The summed E-state index contributed by atoms with van der Waals surface area (Å²) in [5.74, 6) is 1.52. The maximum Gasteiger partial charge on any atom is 0.379 e. The molecule has 0 atom stereocenters. The predicted molar refractivity (Wildman–Crippen MR) is 147 cm³/mol. The second kappa shape index (κ2) is 9.63. The van der Waals surface area contributed by atoms with E-state index in [1.54, 1.807) is 0 Å². The van der Waals surface area contributed by atoms with Crippen LogP contribution >= 0.6 is 0 Å². The zero-order valence-corrected chi connectivity index (χ0v) is 21.6. The molecule has 6 rings (SSSR count). The Morgan fingerprint density at radius 1 is 0.921 bits per heavy atom. The number of rotatable bonds is 7. The van der Waals surface area contributed by atoms with E-state index in [1.807, 2.05) is 77.2 Å². The van der Waals surface area contributed by atoms with Crippen molar-refractivity contribution in [1.82, 2.24) is 0 Å². The average molecular weight is 527 g/mol. The van der Waals surface area contributed by atoms with E-state index in [9.17, 15) is 13.0 Å². The molecule has 0 N–H and O–H groups in total. The highest BCUT2D eigenvalue weighted by molar-refractivity contribution is 7.85. The molecule has 0 bridgehead atoms. The normalized spacial score (nSPS) is 14.4. The van der Waals surface area contributed by atoms with Crippen LogP contribution in [0.3, 0.4) is 0 Å². The number of unbranched alkanes of at least 4 members (excludes halogenated alkanes) is 1. The molecule has 1 aromatic heterocycles. The molecule has 0 fully saturated rings. The van der Waals surface area contributed by atoms with Crippen molar-refractivity contribution in [1.29, 1.82) is 0 Å². The molecule has 8 heteroatoms. The van der Waals surface area contributed by atoms with Gasteiger partial charge in [0.15, 0.2) is 5.75 Å². The molecule has 0 aliphatic carbocycles. The lowest BCUT2D eigenvalue weighted by atomic mass is 10.0. The van der Waals surface area contributed by atoms with Gasteiger partial charge in [0.1, 0.15) is 13.1 Å². The standard InChI is InChI=1S/C30H26N2O5S/c1-31-28(37-27-16-13-22-11-5-6-12-24(22)30(27)31)20-29-32(17-7-8-18-38(33,34)35)25-19-23(14-15-26(25)36-29)21-9-3-2-4-10-21/h2-6,9-16,19-20H,7-8,17-18H2,1H3. The van der Waals surface area contributed by atoms with Crippen molar-refractivity contribution in [2.75, 3.05) is 17.2 Å². The van der Waals surface area contributed by atoms with E-state index in [2.05, 4.69) is 30.3 Å². The monoisotopic (exact) mass is 526 g/mol. The third kappa shape index (κ3) is 4.64. The molecule has 0 unspecified atom stereocenters. The molecule has 7 nitrogen and oxygen atoms in total. The Kier molecular flexibility index (Phi) is 6.13. The zero-order chi connectivity index (χ0) is 26.3. The van der Waals surface area contributed by atoms with Crippen molar-refractivity contribution >= 4 is 43.8 Å². The maximum atomic E-state index is 11.1. The Hall–Kier alpha value is -4.14. The minimum Gasteiger partial charge on any atom is -0.748 e. The summed E-state index contributed by atoms with van der Waals surface area (Å²) in [5.41, 5.74) is 4.77. The van der Waals surface area contributed by atoms with Crippen molar-refractivity contribution in [2.24, 2.45) is 7.05 Å². The fourth-order valence-corrected chi connectivity index (χ4v) is 5.54. The van der Waals surface area contributed by atoms with E-state index in [1.165, 1.54) is 0 Å². The van der Waals surface area contributed by atoms with Gasteiger partial charge in [-0.1, -0.05) is 60.7 Å². The van der Waals surface area contributed by atoms with Gasteiger partial charge in [0.2, 0.25) is 11.5 Å². The molecule has 2 heterocycles. The van der Waals surface area contributed by atoms with Gasteiger partial charge in [-0.2, -0.15) is 4.57 Å². The fourth-order valence-electron chi connectivity index (χ4n) is 4.98. The van der Waals surface area contributed by atoms with Crippen LogP contribution in [0.2, 0.25) is 0 Å². The Labute approximate surface area is 220 Å². The molecule has 0 spiro atoms. The maximum absolute atomic E-state index is 11.1. The van der Waals surface area contributed by atoms with E-state index >= 15 is 0 Å². The van der Waals surface area contributed by atoms with Crippen LogP contribution in [0, 0.1) is 0 Å². The summed E-state index contributed by atoms with van der Waals surface area (Å²) in [5, 5.41) is 2.23. The summed E-state index contributed by atoms with van der Waals surface area (Å²) in [6.45, 7) is 0.486. The molecule has 0 saturated carbocycles. The summed E-state index contributed by atoms with van der Waals surface area (Å²) in [7, 11) is -2.29. The molecular weight excluding hydrogens is 500 g/mol. The van der Waals surface area contributed by atoms with E-state index in [0.717, 1.165) is 38.7 Å². The van der Waals surface area contributed by atoms with Crippen molar-refractivity contribution in [3.63, 3.8) is 0 Å². The van der Waals surface area contributed by atoms with Crippen LogP contribution in [0.4, 0.5) is 5.69 Å². The van der Waals surface area contributed by atoms with Crippen LogP contribution in [0.25, 0.3) is 39.1 Å². The molecule has 5 aromatic rings. The Bertz CT molecular complexity index is 1790. The minimum absolute atomic E-state index is 0.272. The first-order valence-corrected chi connectivity index (χ1v) is 14.1. The quantitative estimate of drug-likeness (QED) is 0.156. The summed E-state index contributed by atoms with van der Waals surface area (Å²) in [6.07, 6.45) is 2.64. The third-order valence-electron chi connectivity index (χ3n) is 6.85. The Balaban J connectivity index is 1.39. The van der Waals surface area contributed by atoms with Crippen molar-refractivity contribution in [2.45, 2.75) is 12.8 Å². The second-order valence-corrected chi connectivity index (χ2v) is 10.9. The lowest BCUT2D eigenvalue weighted by molar-refractivity contribution is -0.651. The molecule has 38 heavy (non-hydrogen) atoms. The first-order valence-electron chi connectivity index (χ1n) is 12.5. The first-order chi connectivity index (χ1) is 18.4. The van der Waals surface area contributed by atoms with Crippen LogP contribution in [-0.4, -0.2) is 25.3 Å². The van der Waals surface area contributed by atoms with Crippen molar-refractivity contribution in [3.05, 3.63) is 96.7 Å². The molecule has 4 aromatic carbocycles. The fraction of sp³-hybridized carbons (Fsp3) is 0.167. The number of anilines is 1. The molecule has 0 radical (unpaired) electrons. The summed E-state index contributed by atoms with van der Waals surface area (Å²) in [4.78, 5) is 2.02. The van der Waals surface area contributed by atoms with E-state index in [0.29, 0.717) is 30.5 Å². The molecule has 192 valence electrons. The number of hydrogen-bond donors (Lipinski definition) is 0. The van der Waals surface area contributed by atoms with Gasteiger partial charge in [-0.15, -0.1) is 0 Å². The number of benzene rings is 4. The molecule has 1 aliphatic rings. The lowest BCUT2D eigenvalue weighted by Gasteiger charge is -2.18. The largest absolute Gasteiger partial charge is 0.748 e. The highest BCUT2D eigenvalue weighted by atomic mass is 32.2. The van der Waals surface area contributed by atoms with Crippen molar-refractivity contribution < 1.29 is 26.7 Å². The highest BCUT2D eigenvalue weighted by Crippen LogP contribution is 2.42.